The highest BCUT2D eigenvalue weighted by Gasteiger charge is 2.40. The van der Waals surface area contributed by atoms with Gasteiger partial charge in [-0.1, -0.05) is 43.0 Å². The molecule has 2 fully saturated rings. The SMILES string of the molecule is CN(C)CCC(=O)NC(Cc1ccc(Cl)cc1)C(=O)N1CCC(N(C2CCCCC2)S(C)(=O)=O)C1. The Morgan fingerprint density at radius 1 is 1.09 bits per heavy atom. The van der Waals surface area contributed by atoms with E-state index in [2.05, 4.69) is 5.32 Å². The third kappa shape index (κ3) is 8.17. The molecule has 1 saturated heterocycles. The third-order valence-corrected chi connectivity index (χ3v) is 8.54. The van der Waals surface area contributed by atoms with Gasteiger partial charge in [0.25, 0.3) is 0 Å². The van der Waals surface area contributed by atoms with Gasteiger partial charge >= 0.3 is 0 Å². The second-order valence-corrected chi connectivity index (χ2v) is 12.4. The maximum atomic E-state index is 13.6. The van der Waals surface area contributed by atoms with Crippen LogP contribution in [0.1, 0.15) is 50.5 Å². The van der Waals surface area contributed by atoms with Crippen LogP contribution in [0.5, 0.6) is 0 Å². The number of amides is 2. The average Bonchev–Trinajstić information content (AvgIpc) is 3.27. The van der Waals surface area contributed by atoms with Gasteiger partial charge < -0.3 is 15.1 Å². The molecule has 1 aliphatic carbocycles. The van der Waals surface area contributed by atoms with Crippen LogP contribution >= 0.6 is 11.6 Å². The summed E-state index contributed by atoms with van der Waals surface area (Å²) in [5.41, 5.74) is 0.899. The van der Waals surface area contributed by atoms with E-state index in [4.69, 9.17) is 11.6 Å². The minimum Gasteiger partial charge on any atom is -0.344 e. The Hall–Kier alpha value is -1.68. The summed E-state index contributed by atoms with van der Waals surface area (Å²) in [5.74, 6) is -0.348. The zero-order chi connectivity index (χ0) is 25.6. The Bertz CT molecular complexity index is 964. The zero-order valence-electron chi connectivity index (χ0n) is 21.1. The Morgan fingerprint density at radius 3 is 2.34 bits per heavy atom. The van der Waals surface area contributed by atoms with E-state index in [0.717, 1.165) is 37.7 Å². The minimum absolute atomic E-state index is 0.00871. The van der Waals surface area contributed by atoms with Gasteiger partial charge in [-0.25, -0.2) is 8.42 Å². The van der Waals surface area contributed by atoms with Crippen molar-refractivity contribution in [2.24, 2.45) is 0 Å². The number of likely N-dealkylation sites (tertiary alicyclic amines) is 1. The summed E-state index contributed by atoms with van der Waals surface area (Å²) in [6.07, 6.45) is 7.49. The molecule has 0 bridgehead atoms. The van der Waals surface area contributed by atoms with Gasteiger partial charge in [0.1, 0.15) is 6.04 Å². The smallest absolute Gasteiger partial charge is 0.245 e. The largest absolute Gasteiger partial charge is 0.344 e. The van der Waals surface area contributed by atoms with E-state index in [1.165, 1.54) is 6.26 Å². The average molecular weight is 527 g/mol. The molecule has 2 amide bonds. The lowest BCUT2D eigenvalue weighted by Crippen LogP contribution is -2.52. The molecule has 0 aromatic heterocycles. The molecule has 196 valence electrons. The summed E-state index contributed by atoms with van der Waals surface area (Å²) in [6.45, 7) is 1.42. The van der Waals surface area contributed by atoms with Crippen molar-refractivity contribution in [1.82, 2.24) is 19.4 Å². The van der Waals surface area contributed by atoms with Gasteiger partial charge in [0.15, 0.2) is 0 Å². The predicted octanol–water partition coefficient (Wildman–Crippen LogP) is 2.51. The van der Waals surface area contributed by atoms with E-state index in [9.17, 15) is 18.0 Å². The van der Waals surface area contributed by atoms with Crippen LogP contribution in [0.4, 0.5) is 0 Å². The minimum atomic E-state index is -3.40. The maximum Gasteiger partial charge on any atom is 0.245 e. The molecule has 2 aliphatic rings. The number of carbonyl (C=O) groups excluding carboxylic acids is 2. The normalized spacial score (nSPS) is 20.4. The van der Waals surface area contributed by atoms with E-state index in [1.807, 2.05) is 31.1 Å². The fourth-order valence-electron chi connectivity index (χ4n) is 5.19. The lowest BCUT2D eigenvalue weighted by molar-refractivity contribution is -0.135. The van der Waals surface area contributed by atoms with Crippen LogP contribution in [-0.4, -0.2) is 92.4 Å². The van der Waals surface area contributed by atoms with Crippen LogP contribution in [0.25, 0.3) is 0 Å². The van der Waals surface area contributed by atoms with Gasteiger partial charge in [-0.15, -0.1) is 0 Å². The summed E-state index contributed by atoms with van der Waals surface area (Å²) < 4.78 is 27.1. The van der Waals surface area contributed by atoms with Gasteiger partial charge in [0.05, 0.1) is 6.26 Å². The van der Waals surface area contributed by atoms with Crippen molar-refractivity contribution < 1.29 is 18.0 Å². The van der Waals surface area contributed by atoms with E-state index in [-0.39, 0.29) is 23.9 Å². The summed E-state index contributed by atoms with van der Waals surface area (Å²) in [7, 11) is 0.397. The first kappa shape index (κ1) is 27.9. The molecule has 1 aromatic carbocycles. The summed E-state index contributed by atoms with van der Waals surface area (Å²) in [5, 5.41) is 3.54. The van der Waals surface area contributed by atoms with Crippen molar-refractivity contribution in [2.75, 3.05) is 40.0 Å². The Morgan fingerprint density at radius 2 is 1.74 bits per heavy atom. The van der Waals surface area contributed by atoms with E-state index in [1.54, 1.807) is 21.3 Å². The van der Waals surface area contributed by atoms with Gasteiger partial charge in [-0.3, -0.25) is 9.59 Å². The molecule has 3 rings (SSSR count). The Labute approximate surface area is 215 Å². The molecule has 1 aromatic rings. The topological polar surface area (TPSA) is 90.0 Å². The third-order valence-electron chi connectivity index (χ3n) is 6.92. The van der Waals surface area contributed by atoms with E-state index < -0.39 is 16.1 Å². The number of hydrogen-bond acceptors (Lipinski definition) is 5. The van der Waals surface area contributed by atoms with Crippen LogP contribution in [0.2, 0.25) is 5.02 Å². The molecular formula is C25H39ClN4O4S. The molecule has 10 heteroatoms. The number of hydrogen-bond donors (Lipinski definition) is 1. The second kappa shape index (κ2) is 12.5. The summed E-state index contributed by atoms with van der Waals surface area (Å²) in [4.78, 5) is 29.8. The van der Waals surface area contributed by atoms with Gasteiger partial charge in [-0.05, 0) is 51.1 Å². The highest BCUT2D eigenvalue weighted by molar-refractivity contribution is 7.88. The predicted molar refractivity (Wildman–Crippen MR) is 139 cm³/mol. The fourth-order valence-corrected chi connectivity index (χ4v) is 6.79. The van der Waals surface area contributed by atoms with Crippen molar-refractivity contribution in [1.29, 1.82) is 0 Å². The summed E-state index contributed by atoms with van der Waals surface area (Å²) in [6, 6.07) is 6.32. The molecular weight excluding hydrogens is 488 g/mol. The molecule has 2 unspecified atom stereocenters. The van der Waals surface area contributed by atoms with Crippen LogP contribution in [-0.2, 0) is 26.0 Å². The monoisotopic (exact) mass is 526 g/mol. The lowest BCUT2D eigenvalue weighted by Gasteiger charge is -2.36. The van der Waals surface area contributed by atoms with Gasteiger partial charge in [-0.2, -0.15) is 4.31 Å². The summed E-state index contributed by atoms with van der Waals surface area (Å²) >= 11 is 6.01. The number of nitrogens with zero attached hydrogens (tertiary/aromatic N) is 3. The number of carbonyl (C=O) groups is 2. The molecule has 0 radical (unpaired) electrons. The molecule has 8 nitrogen and oxygen atoms in total. The maximum absolute atomic E-state index is 13.6. The van der Waals surface area contributed by atoms with E-state index >= 15 is 0 Å². The van der Waals surface area contributed by atoms with Crippen molar-refractivity contribution in [3.05, 3.63) is 34.9 Å². The molecule has 0 spiro atoms. The quantitative estimate of drug-likeness (QED) is 0.506. The van der Waals surface area contributed by atoms with Crippen molar-refractivity contribution in [3.63, 3.8) is 0 Å². The number of sulfonamides is 1. The number of rotatable bonds is 10. The molecule has 1 aliphatic heterocycles. The Kier molecular flexibility index (Phi) is 9.98. The van der Waals surface area contributed by atoms with Crippen LogP contribution in [0.3, 0.4) is 0 Å². The number of nitrogens with one attached hydrogen (secondary N) is 1. The van der Waals surface area contributed by atoms with Crippen molar-refractivity contribution in [2.45, 2.75) is 69.5 Å². The van der Waals surface area contributed by atoms with Crippen LogP contribution < -0.4 is 5.32 Å². The number of halogens is 1. The van der Waals surface area contributed by atoms with Gasteiger partial charge in [0, 0.05) is 49.6 Å². The highest BCUT2D eigenvalue weighted by Crippen LogP contribution is 2.30. The zero-order valence-corrected chi connectivity index (χ0v) is 22.7. The molecule has 1 heterocycles. The molecule has 1 saturated carbocycles. The number of benzene rings is 1. The Balaban J connectivity index is 1.73. The molecule has 2 atom stereocenters. The second-order valence-electron chi connectivity index (χ2n) is 10.1. The van der Waals surface area contributed by atoms with Crippen molar-refractivity contribution in [3.8, 4) is 0 Å². The van der Waals surface area contributed by atoms with Gasteiger partial charge in [0.2, 0.25) is 21.8 Å². The first-order valence-electron chi connectivity index (χ1n) is 12.5. The first-order valence-corrected chi connectivity index (χ1v) is 14.7. The molecule has 35 heavy (non-hydrogen) atoms. The van der Waals surface area contributed by atoms with E-state index in [0.29, 0.717) is 43.9 Å². The van der Waals surface area contributed by atoms with Crippen LogP contribution in [0, 0.1) is 0 Å². The highest BCUT2D eigenvalue weighted by atomic mass is 35.5. The standard InChI is InChI=1S/C25H39ClN4O4S/c1-28(2)15-14-24(31)27-23(17-19-9-11-20(26)12-10-19)25(32)29-16-13-22(18-29)30(35(3,33)34)21-7-5-4-6-8-21/h9-12,21-23H,4-8,13-18H2,1-3H3,(H,27,31). The van der Waals surface area contributed by atoms with Crippen LogP contribution in [0.15, 0.2) is 24.3 Å². The van der Waals surface area contributed by atoms with Crippen molar-refractivity contribution >= 4 is 33.4 Å². The molecule has 1 N–H and O–H groups in total. The first-order chi connectivity index (χ1) is 16.5. The fraction of sp³-hybridized carbons (Fsp3) is 0.680. The lowest BCUT2D eigenvalue weighted by atomic mass is 9.95.